The molecule has 2 N–H and O–H groups in total. The fraction of sp³-hybridized carbons (Fsp3) is 0.211. The molecule has 0 fully saturated rings. The van der Waals surface area contributed by atoms with Gasteiger partial charge in [-0.1, -0.05) is 23.7 Å². The van der Waals surface area contributed by atoms with Gasteiger partial charge in [-0.3, -0.25) is 14.4 Å². The number of carbonyl (C=O) groups excluding carboxylic acids is 3. The predicted octanol–water partition coefficient (Wildman–Crippen LogP) is 3.87. The number of benzene rings is 2. The quantitative estimate of drug-likeness (QED) is 0.720. The molecule has 0 radical (unpaired) electrons. The van der Waals surface area contributed by atoms with Crippen LogP contribution in [0.5, 0.6) is 0 Å². The monoisotopic (exact) mass is 374 g/mol. The minimum absolute atomic E-state index is 0.00855. The Bertz CT molecular complexity index is 808. The molecule has 136 valence electrons. The molecule has 2 amide bonds. The molecule has 0 atom stereocenters. The van der Waals surface area contributed by atoms with E-state index in [4.69, 9.17) is 16.3 Å². The fourth-order valence-electron chi connectivity index (χ4n) is 2.18. The van der Waals surface area contributed by atoms with Crippen LogP contribution >= 0.6 is 11.6 Å². The summed E-state index contributed by atoms with van der Waals surface area (Å²) < 4.78 is 4.78. The number of nitrogens with one attached hydrogen (secondary N) is 2. The zero-order valence-corrected chi connectivity index (χ0v) is 15.0. The van der Waals surface area contributed by atoms with Crippen molar-refractivity contribution in [1.82, 2.24) is 0 Å². The van der Waals surface area contributed by atoms with Crippen LogP contribution in [0, 0.1) is 0 Å². The first-order chi connectivity index (χ1) is 12.5. The average Bonchev–Trinajstić information content (AvgIpc) is 2.60. The SMILES string of the molecule is CCOC(=O)CCC(=O)Nc1cccc(C(=O)Nc2cccc(Cl)c2)c1. The highest BCUT2D eigenvalue weighted by Gasteiger charge is 2.10. The summed E-state index contributed by atoms with van der Waals surface area (Å²) in [5, 5.41) is 5.92. The van der Waals surface area contributed by atoms with Crippen LogP contribution in [0.1, 0.15) is 30.1 Å². The third-order valence-corrected chi connectivity index (χ3v) is 3.59. The highest BCUT2D eigenvalue weighted by molar-refractivity contribution is 6.31. The van der Waals surface area contributed by atoms with Crippen molar-refractivity contribution >= 4 is 40.8 Å². The molecule has 26 heavy (non-hydrogen) atoms. The number of hydrogen-bond acceptors (Lipinski definition) is 4. The molecule has 0 aromatic heterocycles. The maximum absolute atomic E-state index is 12.3. The molecule has 0 unspecified atom stereocenters. The van der Waals surface area contributed by atoms with E-state index >= 15 is 0 Å². The summed E-state index contributed by atoms with van der Waals surface area (Å²) in [6, 6.07) is 13.3. The van der Waals surface area contributed by atoms with Gasteiger partial charge in [0.1, 0.15) is 0 Å². The second-order valence-electron chi connectivity index (χ2n) is 5.40. The van der Waals surface area contributed by atoms with E-state index in [2.05, 4.69) is 10.6 Å². The van der Waals surface area contributed by atoms with Gasteiger partial charge in [0.2, 0.25) is 5.91 Å². The van der Waals surface area contributed by atoms with Crippen LogP contribution in [-0.2, 0) is 14.3 Å². The lowest BCUT2D eigenvalue weighted by Crippen LogP contribution is -2.16. The maximum Gasteiger partial charge on any atom is 0.306 e. The van der Waals surface area contributed by atoms with Crippen LogP contribution in [0.3, 0.4) is 0 Å². The van der Waals surface area contributed by atoms with Gasteiger partial charge in [0.25, 0.3) is 5.91 Å². The Balaban J connectivity index is 1.95. The first kappa shape index (κ1) is 19.5. The molecule has 0 saturated heterocycles. The summed E-state index contributed by atoms with van der Waals surface area (Å²) in [7, 11) is 0. The smallest absolute Gasteiger partial charge is 0.306 e. The van der Waals surface area contributed by atoms with E-state index in [1.807, 2.05) is 0 Å². The van der Waals surface area contributed by atoms with Crippen molar-refractivity contribution in [2.24, 2.45) is 0 Å². The Kier molecular flexibility index (Phi) is 7.17. The molecule has 2 aromatic carbocycles. The molecule has 0 heterocycles. The maximum atomic E-state index is 12.3. The first-order valence-electron chi connectivity index (χ1n) is 8.10. The largest absolute Gasteiger partial charge is 0.466 e. The summed E-state index contributed by atoms with van der Waals surface area (Å²) >= 11 is 5.90. The van der Waals surface area contributed by atoms with Gasteiger partial charge in [-0.25, -0.2) is 0 Å². The fourth-order valence-corrected chi connectivity index (χ4v) is 2.37. The molecule has 0 bridgehead atoms. The molecule has 0 saturated carbocycles. The van der Waals surface area contributed by atoms with Crippen molar-refractivity contribution in [3.8, 4) is 0 Å². The Labute approximate surface area is 156 Å². The summed E-state index contributed by atoms with van der Waals surface area (Å²) in [6.07, 6.45) is 0.0202. The topological polar surface area (TPSA) is 84.5 Å². The van der Waals surface area contributed by atoms with Gasteiger partial charge in [-0.15, -0.1) is 0 Å². The Hall–Kier alpha value is -2.86. The van der Waals surface area contributed by atoms with Crippen LogP contribution in [0.4, 0.5) is 11.4 Å². The minimum Gasteiger partial charge on any atom is -0.466 e. The van der Waals surface area contributed by atoms with Crippen LogP contribution < -0.4 is 10.6 Å². The van der Waals surface area contributed by atoms with E-state index in [0.717, 1.165) is 0 Å². The van der Waals surface area contributed by atoms with Crippen LogP contribution in [0.25, 0.3) is 0 Å². The lowest BCUT2D eigenvalue weighted by molar-refractivity contribution is -0.144. The van der Waals surface area contributed by atoms with Gasteiger partial charge in [0, 0.05) is 28.4 Å². The highest BCUT2D eigenvalue weighted by Crippen LogP contribution is 2.17. The van der Waals surface area contributed by atoms with Crippen molar-refractivity contribution in [2.45, 2.75) is 19.8 Å². The van der Waals surface area contributed by atoms with Crippen molar-refractivity contribution in [3.63, 3.8) is 0 Å². The molecule has 2 aromatic rings. The Morgan fingerprint density at radius 3 is 2.35 bits per heavy atom. The normalized spacial score (nSPS) is 10.1. The summed E-state index contributed by atoms with van der Waals surface area (Å²) in [5.41, 5.74) is 1.43. The van der Waals surface area contributed by atoms with Crippen molar-refractivity contribution in [2.75, 3.05) is 17.2 Å². The number of rotatable bonds is 7. The zero-order chi connectivity index (χ0) is 18.9. The van der Waals surface area contributed by atoms with Gasteiger partial charge < -0.3 is 15.4 Å². The molecule has 2 rings (SSSR count). The molecule has 0 spiro atoms. The molecule has 6 nitrogen and oxygen atoms in total. The number of esters is 1. The van der Waals surface area contributed by atoms with E-state index in [-0.39, 0.29) is 31.3 Å². The summed E-state index contributed by atoms with van der Waals surface area (Å²) in [4.78, 5) is 35.5. The van der Waals surface area contributed by atoms with Crippen LogP contribution in [-0.4, -0.2) is 24.4 Å². The highest BCUT2D eigenvalue weighted by atomic mass is 35.5. The number of ether oxygens (including phenoxy) is 1. The minimum atomic E-state index is -0.419. The Morgan fingerprint density at radius 1 is 0.962 bits per heavy atom. The van der Waals surface area contributed by atoms with Gasteiger partial charge in [0.05, 0.1) is 13.0 Å². The van der Waals surface area contributed by atoms with E-state index in [1.165, 1.54) is 0 Å². The zero-order valence-electron chi connectivity index (χ0n) is 14.3. The summed E-state index contributed by atoms with van der Waals surface area (Å²) in [6.45, 7) is 1.99. The predicted molar refractivity (Wildman–Crippen MR) is 100 cm³/mol. The van der Waals surface area contributed by atoms with E-state index < -0.39 is 5.97 Å². The second kappa shape index (κ2) is 9.58. The molecular weight excluding hydrogens is 356 g/mol. The lowest BCUT2D eigenvalue weighted by Gasteiger charge is -2.09. The van der Waals surface area contributed by atoms with E-state index in [0.29, 0.717) is 22.0 Å². The van der Waals surface area contributed by atoms with E-state index in [9.17, 15) is 14.4 Å². The molecule has 7 heteroatoms. The van der Waals surface area contributed by atoms with Gasteiger partial charge in [-0.2, -0.15) is 0 Å². The Morgan fingerprint density at radius 2 is 1.65 bits per heavy atom. The van der Waals surface area contributed by atoms with Gasteiger partial charge >= 0.3 is 5.97 Å². The number of anilines is 2. The van der Waals surface area contributed by atoms with Crippen molar-refractivity contribution in [1.29, 1.82) is 0 Å². The number of amides is 2. The third kappa shape index (κ3) is 6.22. The standard InChI is InChI=1S/C19H19ClN2O4/c1-2-26-18(24)10-9-17(23)21-15-7-3-5-13(11-15)19(25)22-16-8-4-6-14(20)12-16/h3-8,11-12H,2,9-10H2,1H3,(H,21,23)(H,22,25). The van der Waals surface area contributed by atoms with E-state index in [1.54, 1.807) is 55.5 Å². The summed E-state index contributed by atoms with van der Waals surface area (Å²) in [5.74, 6) is -1.07. The molecule has 0 aliphatic rings. The lowest BCUT2D eigenvalue weighted by atomic mass is 10.1. The van der Waals surface area contributed by atoms with Crippen molar-refractivity contribution in [3.05, 3.63) is 59.1 Å². The molecule has 0 aliphatic heterocycles. The number of hydrogen-bond donors (Lipinski definition) is 2. The first-order valence-corrected chi connectivity index (χ1v) is 8.48. The van der Waals surface area contributed by atoms with Gasteiger partial charge in [-0.05, 0) is 43.3 Å². The second-order valence-corrected chi connectivity index (χ2v) is 5.83. The van der Waals surface area contributed by atoms with Crippen LogP contribution in [0.15, 0.2) is 48.5 Å². The van der Waals surface area contributed by atoms with Crippen LogP contribution in [0.2, 0.25) is 5.02 Å². The molecular formula is C19H19ClN2O4. The van der Waals surface area contributed by atoms with Crippen molar-refractivity contribution < 1.29 is 19.1 Å². The molecule has 0 aliphatic carbocycles. The van der Waals surface area contributed by atoms with Gasteiger partial charge in [0.15, 0.2) is 0 Å². The third-order valence-electron chi connectivity index (χ3n) is 3.35. The number of halogens is 1. The number of carbonyl (C=O) groups is 3. The average molecular weight is 375 g/mol.